The minimum absolute atomic E-state index is 0. The third kappa shape index (κ3) is 5.29. The first-order valence-electron chi connectivity index (χ1n) is 9.18. The molecule has 1 unspecified atom stereocenters. The molecule has 0 spiro atoms. The van der Waals surface area contributed by atoms with Gasteiger partial charge in [-0.2, -0.15) is 0 Å². The Kier molecular flexibility index (Phi) is 9.98. The zero-order chi connectivity index (χ0) is 18.2. The molecule has 147 valence electrons. The minimum Gasteiger partial charge on any atom is -0.147 e. The molecule has 1 aliphatic carbocycles. The first-order chi connectivity index (χ1) is 11.1. The van der Waals surface area contributed by atoms with E-state index in [1.165, 1.54) is 11.3 Å². The van der Waals surface area contributed by atoms with Crippen LogP contribution in [0.25, 0.3) is 0 Å². The molecule has 1 nitrogen and oxygen atoms in total. The van der Waals surface area contributed by atoms with E-state index < -0.39 is 24.0 Å². The van der Waals surface area contributed by atoms with Gasteiger partial charge in [0.05, 0.1) is 0 Å². The molecule has 1 N–H and O–H groups in total. The van der Waals surface area contributed by atoms with E-state index in [2.05, 4.69) is 89.6 Å². The van der Waals surface area contributed by atoms with Crippen molar-refractivity contribution in [2.24, 2.45) is 5.92 Å². The van der Waals surface area contributed by atoms with Crippen LogP contribution in [0.5, 0.6) is 0 Å². The van der Waals surface area contributed by atoms with Crippen LogP contribution in [0.2, 0.25) is 13.1 Å². The molecule has 0 aromatic heterocycles. The van der Waals surface area contributed by atoms with Crippen molar-refractivity contribution in [1.82, 2.24) is 0 Å². The van der Waals surface area contributed by atoms with Crippen molar-refractivity contribution in [1.29, 1.82) is 0 Å². The van der Waals surface area contributed by atoms with Gasteiger partial charge in [-0.05, 0) is 0 Å². The van der Waals surface area contributed by atoms with E-state index in [1.54, 1.807) is 20.6 Å². The number of para-hydroxylation sites is 1. The monoisotopic (exact) mass is 448 g/mol. The topological polar surface area (TPSA) is 12.0 Å². The van der Waals surface area contributed by atoms with E-state index in [0.29, 0.717) is 5.92 Å². The Labute approximate surface area is 180 Å². The molecule has 0 saturated carbocycles. The molecular weight excluding hydrogens is 413 g/mol. The van der Waals surface area contributed by atoms with Crippen LogP contribution in [-0.4, -0.2) is 6.66 Å². The van der Waals surface area contributed by atoms with Crippen LogP contribution < -0.4 is 3.80 Å². The van der Waals surface area contributed by atoms with Crippen molar-refractivity contribution >= 4 is 37.2 Å². The average Bonchev–Trinajstić information content (AvgIpc) is 2.68. The van der Waals surface area contributed by atoms with Gasteiger partial charge in [-0.25, -0.2) is 0 Å². The van der Waals surface area contributed by atoms with E-state index in [-0.39, 0.29) is 30.2 Å². The van der Waals surface area contributed by atoms with Crippen LogP contribution >= 0.6 is 24.8 Å². The number of hydrogen-bond donors (Lipinski definition) is 1. The number of allylic oxidation sites excluding steroid dienone is 4. The summed E-state index contributed by atoms with van der Waals surface area (Å²) in [5.74, 6) is 0.643. The van der Waals surface area contributed by atoms with Crippen molar-refractivity contribution in [3.05, 3.63) is 50.4 Å². The number of halogens is 2. The Morgan fingerprint density at radius 1 is 0.962 bits per heavy atom. The summed E-state index contributed by atoms with van der Waals surface area (Å²) in [5.41, 5.74) is 7.75. The summed E-state index contributed by atoms with van der Waals surface area (Å²) in [6, 6.07) is 8.96. The molecular formula is C21H36Cl2NSiTi. The molecule has 0 fully saturated rings. The van der Waals surface area contributed by atoms with E-state index >= 15 is 0 Å². The fourth-order valence-corrected chi connectivity index (χ4v) is 14.4. The van der Waals surface area contributed by atoms with Gasteiger partial charge in [0.15, 0.2) is 0 Å². The SMILES string of the molecule is CC1=C(C)C(C)[C]([Ti]([NH]c2ccccc2C(C)(C)C)[SiH](C)C)=C1C.Cl.Cl. The second-order valence-corrected chi connectivity index (χ2v) is 21.2. The van der Waals surface area contributed by atoms with Crippen LogP contribution in [0.4, 0.5) is 5.69 Å². The first-order valence-corrected chi connectivity index (χ1v) is 16.3. The van der Waals surface area contributed by atoms with Crippen molar-refractivity contribution in [2.75, 3.05) is 3.80 Å². The molecule has 1 atom stereocenters. The van der Waals surface area contributed by atoms with Crippen LogP contribution in [-0.2, 0) is 22.8 Å². The Morgan fingerprint density at radius 2 is 1.50 bits per heavy atom. The number of nitrogens with one attached hydrogen (secondary N) is 1. The number of hydrogen-bond acceptors (Lipinski definition) is 1. The summed E-state index contributed by atoms with van der Waals surface area (Å²) in [6.45, 7) is 20.7. The third-order valence-corrected chi connectivity index (χ3v) is 17.0. The van der Waals surface area contributed by atoms with E-state index in [1.807, 2.05) is 0 Å². The first kappa shape index (κ1) is 26.0. The largest absolute Gasteiger partial charge is 0.147 e. The molecule has 0 saturated heterocycles. The van der Waals surface area contributed by atoms with Crippen LogP contribution in [0.15, 0.2) is 44.9 Å². The fraction of sp³-hybridized carbons (Fsp3) is 0.524. The Morgan fingerprint density at radius 3 is 1.92 bits per heavy atom. The van der Waals surface area contributed by atoms with E-state index in [0.717, 1.165) is 0 Å². The standard InChI is InChI=1S/C10H14N.C9H13.C2H7Si.2ClH.Ti/c1-10(2,3)8-6-4-5-7-9(8)11;1-6-5-7(2)9(4)8(6)3;1-3-2;;;/h4-7,11H,1-3H3;6H,1-4H3;3H,1-2H3;2*1H;/q-1;;;;;+1. The van der Waals surface area contributed by atoms with Gasteiger partial charge in [-0.3, -0.25) is 0 Å². The Hall–Kier alpha value is 0.0112. The van der Waals surface area contributed by atoms with Gasteiger partial charge >= 0.3 is 157 Å². The van der Waals surface area contributed by atoms with E-state index in [4.69, 9.17) is 0 Å². The van der Waals surface area contributed by atoms with Gasteiger partial charge in [0.1, 0.15) is 0 Å². The van der Waals surface area contributed by atoms with Crippen LogP contribution in [0, 0.1) is 5.92 Å². The minimum atomic E-state index is -1.48. The zero-order valence-corrected chi connectivity index (χ0v) is 22.1. The van der Waals surface area contributed by atoms with Gasteiger partial charge in [0.2, 0.25) is 0 Å². The summed E-state index contributed by atoms with van der Waals surface area (Å²) in [7, 11) is 0. The van der Waals surface area contributed by atoms with Gasteiger partial charge < -0.3 is 0 Å². The van der Waals surface area contributed by atoms with E-state index in [9.17, 15) is 0 Å². The molecule has 26 heavy (non-hydrogen) atoms. The predicted octanol–water partition coefficient (Wildman–Crippen LogP) is 7.02. The number of rotatable bonds is 4. The maximum atomic E-state index is 4.14. The molecule has 0 amide bonds. The predicted molar refractivity (Wildman–Crippen MR) is 122 cm³/mol. The summed E-state index contributed by atoms with van der Waals surface area (Å²) in [6.07, 6.45) is 0. The van der Waals surface area contributed by atoms with Gasteiger partial charge in [0, 0.05) is 0 Å². The summed E-state index contributed by atoms with van der Waals surface area (Å²) < 4.78 is 5.94. The maximum Gasteiger partial charge on any atom is -0.147 e. The molecule has 0 heterocycles. The van der Waals surface area contributed by atoms with Crippen molar-refractivity contribution in [3.63, 3.8) is 0 Å². The summed E-state index contributed by atoms with van der Waals surface area (Å²) >= 11 is -1.48. The van der Waals surface area contributed by atoms with Crippen molar-refractivity contribution < 1.29 is 17.4 Å². The van der Waals surface area contributed by atoms with Gasteiger partial charge in [-0.15, -0.1) is 24.8 Å². The molecule has 1 aromatic rings. The molecule has 1 aliphatic rings. The van der Waals surface area contributed by atoms with Crippen LogP contribution in [0.1, 0.15) is 54.0 Å². The smallest absolute Gasteiger partial charge is 0.147 e. The summed E-state index contributed by atoms with van der Waals surface area (Å²) in [4.78, 5) is 0. The molecule has 1 aromatic carbocycles. The van der Waals surface area contributed by atoms with Crippen molar-refractivity contribution in [2.45, 2.75) is 67.0 Å². The fourth-order valence-electron chi connectivity index (χ4n) is 3.71. The molecule has 5 heteroatoms. The molecule has 2 rings (SSSR count). The molecule has 0 bridgehead atoms. The normalized spacial score (nSPS) is 17.2. The second-order valence-electron chi connectivity index (χ2n) is 8.56. The average molecular weight is 449 g/mol. The third-order valence-electron chi connectivity index (χ3n) is 5.51. The van der Waals surface area contributed by atoms with Crippen LogP contribution in [0.3, 0.4) is 0 Å². The summed E-state index contributed by atoms with van der Waals surface area (Å²) in [5, 5.41) is 0. The Balaban J connectivity index is 0.00000312. The molecule has 0 radical (unpaired) electrons. The second kappa shape index (κ2) is 9.98. The van der Waals surface area contributed by atoms with Gasteiger partial charge in [-0.1, -0.05) is 0 Å². The number of anilines is 1. The van der Waals surface area contributed by atoms with Gasteiger partial charge in [0.25, 0.3) is 0 Å². The maximum absolute atomic E-state index is 4.14. The quantitative estimate of drug-likeness (QED) is 0.488. The Bertz CT molecular complexity index is 689. The van der Waals surface area contributed by atoms with Crippen molar-refractivity contribution in [3.8, 4) is 0 Å². The molecule has 0 aliphatic heterocycles. The zero-order valence-electron chi connectivity index (χ0n) is 17.8. The number of benzene rings is 1.